The first kappa shape index (κ1) is 16.6. The summed E-state index contributed by atoms with van der Waals surface area (Å²) >= 11 is 0. The van der Waals surface area contributed by atoms with Crippen molar-refractivity contribution in [2.45, 2.75) is 12.8 Å². The molecule has 0 saturated heterocycles. The molecule has 1 heterocycles. The molecule has 3 rings (SSSR count). The summed E-state index contributed by atoms with van der Waals surface area (Å²) in [7, 11) is 0. The number of carbonyl (C=O) groups is 1. The second kappa shape index (κ2) is 8.06. The molecule has 25 heavy (non-hydrogen) atoms. The second-order valence-electron chi connectivity index (χ2n) is 5.49. The third-order valence-corrected chi connectivity index (χ3v) is 3.62. The molecule has 0 atom stereocenters. The average Bonchev–Trinajstić information content (AvgIpc) is 3.10. The van der Waals surface area contributed by atoms with Gasteiger partial charge in [-0.05, 0) is 48.4 Å². The van der Waals surface area contributed by atoms with E-state index in [0.29, 0.717) is 24.4 Å². The van der Waals surface area contributed by atoms with Crippen LogP contribution in [0.1, 0.15) is 17.7 Å². The van der Waals surface area contributed by atoms with Gasteiger partial charge in [0.05, 0.1) is 6.21 Å². The van der Waals surface area contributed by atoms with Gasteiger partial charge in [-0.2, -0.15) is 5.10 Å². The van der Waals surface area contributed by atoms with Crippen molar-refractivity contribution in [2.75, 3.05) is 0 Å². The highest BCUT2D eigenvalue weighted by Gasteiger charge is 2.04. The van der Waals surface area contributed by atoms with Gasteiger partial charge in [0, 0.05) is 12.0 Å². The van der Waals surface area contributed by atoms with Gasteiger partial charge < -0.3 is 4.42 Å². The number of hydrazone groups is 1. The quantitative estimate of drug-likeness (QED) is 0.542. The van der Waals surface area contributed by atoms with E-state index in [1.165, 1.54) is 18.3 Å². The SMILES string of the molecule is O=C(CCc1ccccc1)N/N=C\c1ccc(-c2ccc(F)cc2)o1. The van der Waals surface area contributed by atoms with E-state index in [2.05, 4.69) is 10.5 Å². The third kappa shape index (κ3) is 4.88. The Labute approximate surface area is 145 Å². The summed E-state index contributed by atoms with van der Waals surface area (Å²) in [6.45, 7) is 0. The Morgan fingerprint density at radius 2 is 1.80 bits per heavy atom. The molecule has 2 aromatic carbocycles. The van der Waals surface area contributed by atoms with Gasteiger partial charge in [0.25, 0.3) is 0 Å². The second-order valence-corrected chi connectivity index (χ2v) is 5.49. The third-order valence-electron chi connectivity index (χ3n) is 3.62. The molecule has 0 radical (unpaired) electrons. The zero-order chi connectivity index (χ0) is 17.5. The summed E-state index contributed by atoms with van der Waals surface area (Å²) in [6, 6.07) is 19.3. The molecule has 0 bridgehead atoms. The summed E-state index contributed by atoms with van der Waals surface area (Å²) in [5.41, 5.74) is 4.36. The van der Waals surface area contributed by atoms with Crippen LogP contribution >= 0.6 is 0 Å². The van der Waals surface area contributed by atoms with Crippen LogP contribution in [0.25, 0.3) is 11.3 Å². The first-order chi connectivity index (χ1) is 12.2. The van der Waals surface area contributed by atoms with Crippen LogP contribution in [0.4, 0.5) is 4.39 Å². The summed E-state index contributed by atoms with van der Waals surface area (Å²) < 4.78 is 18.5. The number of halogens is 1. The van der Waals surface area contributed by atoms with E-state index in [0.717, 1.165) is 11.1 Å². The molecule has 126 valence electrons. The van der Waals surface area contributed by atoms with Crippen LogP contribution in [0.5, 0.6) is 0 Å². The van der Waals surface area contributed by atoms with Gasteiger partial charge >= 0.3 is 0 Å². The van der Waals surface area contributed by atoms with E-state index in [-0.39, 0.29) is 11.7 Å². The van der Waals surface area contributed by atoms with Gasteiger partial charge in [-0.15, -0.1) is 0 Å². The fourth-order valence-electron chi connectivity index (χ4n) is 2.32. The lowest BCUT2D eigenvalue weighted by atomic mass is 10.1. The van der Waals surface area contributed by atoms with Crippen molar-refractivity contribution < 1.29 is 13.6 Å². The summed E-state index contributed by atoms with van der Waals surface area (Å²) in [5.74, 6) is 0.653. The Balaban J connectivity index is 1.50. The Kier molecular flexibility index (Phi) is 5.36. The lowest BCUT2D eigenvalue weighted by molar-refractivity contribution is -0.121. The molecular weight excluding hydrogens is 319 g/mol. The van der Waals surface area contributed by atoms with E-state index in [9.17, 15) is 9.18 Å². The van der Waals surface area contributed by atoms with Crippen molar-refractivity contribution in [3.63, 3.8) is 0 Å². The van der Waals surface area contributed by atoms with Gasteiger partial charge in [0.15, 0.2) is 0 Å². The molecule has 3 aromatic rings. The number of nitrogens with zero attached hydrogens (tertiary/aromatic N) is 1. The van der Waals surface area contributed by atoms with Crippen molar-refractivity contribution >= 4 is 12.1 Å². The highest BCUT2D eigenvalue weighted by atomic mass is 19.1. The zero-order valence-electron chi connectivity index (χ0n) is 13.5. The average molecular weight is 336 g/mol. The normalized spacial score (nSPS) is 10.9. The predicted molar refractivity (Wildman–Crippen MR) is 94.6 cm³/mol. The van der Waals surface area contributed by atoms with E-state index in [1.807, 2.05) is 30.3 Å². The van der Waals surface area contributed by atoms with E-state index in [1.54, 1.807) is 24.3 Å². The van der Waals surface area contributed by atoms with Crippen molar-refractivity contribution in [3.8, 4) is 11.3 Å². The molecule has 0 saturated carbocycles. The van der Waals surface area contributed by atoms with Gasteiger partial charge in [0.1, 0.15) is 17.3 Å². The smallest absolute Gasteiger partial charge is 0.240 e. The van der Waals surface area contributed by atoms with Crippen LogP contribution in [0.2, 0.25) is 0 Å². The van der Waals surface area contributed by atoms with Crippen molar-refractivity contribution in [1.29, 1.82) is 0 Å². The lowest BCUT2D eigenvalue weighted by Gasteiger charge is -2.00. The Hall–Kier alpha value is -3.21. The van der Waals surface area contributed by atoms with E-state index in [4.69, 9.17) is 4.42 Å². The lowest BCUT2D eigenvalue weighted by Crippen LogP contribution is -2.17. The maximum Gasteiger partial charge on any atom is 0.240 e. The number of furan rings is 1. The minimum Gasteiger partial charge on any atom is -0.455 e. The summed E-state index contributed by atoms with van der Waals surface area (Å²) in [5, 5.41) is 3.90. The number of aryl methyl sites for hydroxylation is 1. The van der Waals surface area contributed by atoms with Crippen molar-refractivity contribution in [2.24, 2.45) is 5.10 Å². The number of rotatable bonds is 6. The van der Waals surface area contributed by atoms with Gasteiger partial charge in [0.2, 0.25) is 5.91 Å². The molecule has 0 unspecified atom stereocenters. The number of amides is 1. The molecule has 1 N–H and O–H groups in total. The van der Waals surface area contributed by atoms with Crippen LogP contribution < -0.4 is 5.43 Å². The number of nitrogens with one attached hydrogen (secondary N) is 1. The molecule has 0 aliphatic carbocycles. The van der Waals surface area contributed by atoms with Crippen molar-refractivity contribution in [1.82, 2.24) is 5.43 Å². The maximum atomic E-state index is 12.9. The molecule has 0 fully saturated rings. The van der Waals surface area contributed by atoms with Crippen LogP contribution in [-0.2, 0) is 11.2 Å². The number of carbonyl (C=O) groups excluding carboxylic acids is 1. The van der Waals surface area contributed by atoms with Gasteiger partial charge in [-0.25, -0.2) is 9.82 Å². The van der Waals surface area contributed by atoms with Gasteiger partial charge in [-0.1, -0.05) is 30.3 Å². The highest BCUT2D eigenvalue weighted by Crippen LogP contribution is 2.21. The molecule has 1 amide bonds. The van der Waals surface area contributed by atoms with E-state index >= 15 is 0 Å². The highest BCUT2D eigenvalue weighted by molar-refractivity contribution is 5.81. The maximum absolute atomic E-state index is 12.9. The van der Waals surface area contributed by atoms with Crippen LogP contribution in [0.3, 0.4) is 0 Å². The molecule has 0 aliphatic rings. The molecule has 4 nitrogen and oxygen atoms in total. The first-order valence-electron chi connectivity index (χ1n) is 7.92. The topological polar surface area (TPSA) is 54.6 Å². The largest absolute Gasteiger partial charge is 0.455 e. The summed E-state index contributed by atoms with van der Waals surface area (Å²) in [6.07, 6.45) is 2.46. The summed E-state index contributed by atoms with van der Waals surface area (Å²) in [4.78, 5) is 11.8. The standard InChI is InChI=1S/C20H17FN2O2/c21-17-9-7-16(8-10-17)19-12-11-18(25-19)14-22-23-20(24)13-6-15-4-2-1-3-5-15/h1-5,7-12,14H,6,13H2,(H,23,24)/b22-14-. The van der Waals surface area contributed by atoms with E-state index < -0.39 is 0 Å². The molecule has 0 aliphatic heterocycles. The monoisotopic (exact) mass is 336 g/mol. The molecule has 0 spiro atoms. The van der Waals surface area contributed by atoms with Crippen LogP contribution in [0.15, 0.2) is 76.2 Å². The number of hydrogen-bond donors (Lipinski definition) is 1. The molecule has 1 aromatic heterocycles. The minimum atomic E-state index is -0.296. The first-order valence-corrected chi connectivity index (χ1v) is 7.92. The predicted octanol–water partition coefficient (Wildman–Crippen LogP) is 4.17. The molecule has 5 heteroatoms. The zero-order valence-corrected chi connectivity index (χ0v) is 13.5. The Morgan fingerprint density at radius 1 is 1.04 bits per heavy atom. The Bertz CT molecular complexity index is 855. The fraction of sp³-hybridized carbons (Fsp3) is 0.100. The van der Waals surface area contributed by atoms with Crippen molar-refractivity contribution in [3.05, 3.63) is 83.9 Å². The fourth-order valence-corrected chi connectivity index (χ4v) is 2.32. The molecular formula is C20H17FN2O2. The van der Waals surface area contributed by atoms with Crippen LogP contribution in [-0.4, -0.2) is 12.1 Å². The van der Waals surface area contributed by atoms with Crippen LogP contribution in [0, 0.1) is 5.82 Å². The Morgan fingerprint density at radius 3 is 2.56 bits per heavy atom. The number of benzene rings is 2. The minimum absolute atomic E-state index is 0.162. The van der Waals surface area contributed by atoms with Gasteiger partial charge in [-0.3, -0.25) is 4.79 Å². The number of hydrogen-bond acceptors (Lipinski definition) is 3.